The molecule has 8 heteroatoms. The summed E-state index contributed by atoms with van der Waals surface area (Å²) >= 11 is 0. The first-order valence-electron chi connectivity index (χ1n) is 10.6. The average Bonchev–Trinajstić information content (AvgIpc) is 2.81. The van der Waals surface area contributed by atoms with Crippen LogP contribution in [-0.4, -0.2) is 11.9 Å². The number of hydrogen-bond donors (Lipinski definition) is 0. The summed E-state index contributed by atoms with van der Waals surface area (Å²) in [6.45, 7) is 11.9. The topological polar surface area (TPSA) is 88.1 Å². The SMILES string of the molecule is C=C(C)C(=O)Oc1ccccc1OP(=O)(Oc1ccccc1OC(=O)C(=C)C)c1ccccc1C. The number of hydrogen-bond acceptors (Lipinski definition) is 7. The van der Waals surface area contributed by atoms with Gasteiger partial charge in [-0.2, -0.15) is 0 Å². The van der Waals surface area contributed by atoms with E-state index in [9.17, 15) is 14.2 Å². The molecule has 0 unspecified atom stereocenters. The minimum atomic E-state index is -4.17. The van der Waals surface area contributed by atoms with Gasteiger partial charge in [-0.15, -0.1) is 0 Å². The van der Waals surface area contributed by atoms with E-state index in [0.717, 1.165) is 0 Å². The van der Waals surface area contributed by atoms with Gasteiger partial charge in [0.25, 0.3) is 0 Å². The molecule has 0 saturated carbocycles. The third-order valence-corrected chi connectivity index (χ3v) is 6.61. The van der Waals surface area contributed by atoms with Gasteiger partial charge in [-0.25, -0.2) is 14.2 Å². The second-order valence-electron chi connectivity index (χ2n) is 7.70. The predicted octanol–water partition coefficient (Wildman–Crippen LogP) is 5.93. The van der Waals surface area contributed by atoms with Crippen molar-refractivity contribution in [1.29, 1.82) is 0 Å². The van der Waals surface area contributed by atoms with Gasteiger partial charge in [0.05, 0.1) is 5.30 Å². The Morgan fingerprint density at radius 3 is 1.43 bits per heavy atom. The predicted molar refractivity (Wildman–Crippen MR) is 133 cm³/mol. The molecule has 0 aromatic heterocycles. The first-order valence-corrected chi connectivity index (χ1v) is 12.1. The lowest BCUT2D eigenvalue weighted by Crippen LogP contribution is -2.18. The zero-order valence-electron chi connectivity index (χ0n) is 19.6. The van der Waals surface area contributed by atoms with Gasteiger partial charge in [0.15, 0.2) is 23.0 Å². The van der Waals surface area contributed by atoms with Crippen LogP contribution in [0.4, 0.5) is 0 Å². The first-order chi connectivity index (χ1) is 16.6. The fraction of sp³-hybridized carbons (Fsp3) is 0.111. The second-order valence-corrected chi connectivity index (χ2v) is 9.54. The van der Waals surface area contributed by atoms with E-state index < -0.39 is 19.5 Å². The third kappa shape index (κ3) is 6.28. The van der Waals surface area contributed by atoms with Crippen LogP contribution < -0.4 is 23.8 Å². The van der Waals surface area contributed by atoms with Gasteiger partial charge < -0.3 is 18.5 Å². The molecule has 0 fully saturated rings. The smallest absolute Gasteiger partial charge is 0.419 e. The quantitative estimate of drug-likeness (QED) is 0.158. The van der Waals surface area contributed by atoms with Crippen LogP contribution in [0, 0.1) is 6.92 Å². The number of benzene rings is 3. The van der Waals surface area contributed by atoms with Crippen molar-refractivity contribution in [1.82, 2.24) is 0 Å². The molecule has 0 aliphatic carbocycles. The number of para-hydroxylation sites is 4. The molecule has 3 aromatic rings. The molecule has 0 heterocycles. The van der Waals surface area contributed by atoms with E-state index in [0.29, 0.717) is 5.56 Å². The summed E-state index contributed by atoms with van der Waals surface area (Å²) in [7, 11) is -4.17. The zero-order chi connectivity index (χ0) is 25.6. The summed E-state index contributed by atoms with van der Waals surface area (Å²) in [6, 6.07) is 19.4. The Kier molecular flexibility index (Phi) is 7.94. The lowest BCUT2D eigenvalue weighted by atomic mass is 10.2. The zero-order valence-corrected chi connectivity index (χ0v) is 20.5. The maximum Gasteiger partial charge on any atom is 0.463 e. The number of esters is 2. The first kappa shape index (κ1) is 25.5. The van der Waals surface area contributed by atoms with Gasteiger partial charge in [-0.1, -0.05) is 55.6 Å². The number of rotatable bonds is 9. The fourth-order valence-corrected chi connectivity index (χ4v) is 4.67. The summed E-state index contributed by atoms with van der Waals surface area (Å²) in [5.74, 6) is -1.20. The normalized spacial score (nSPS) is 10.7. The molecule has 0 saturated heterocycles. The Morgan fingerprint density at radius 2 is 1.03 bits per heavy atom. The van der Waals surface area contributed by atoms with Crippen molar-refractivity contribution in [3.63, 3.8) is 0 Å². The molecular formula is C27H25O7P. The average molecular weight is 492 g/mol. The lowest BCUT2D eigenvalue weighted by Gasteiger charge is -2.23. The van der Waals surface area contributed by atoms with Crippen LogP contribution in [0.25, 0.3) is 0 Å². The summed E-state index contributed by atoms with van der Waals surface area (Å²) in [6.07, 6.45) is 0. The molecule has 180 valence electrons. The van der Waals surface area contributed by atoms with Crippen LogP contribution in [0.2, 0.25) is 0 Å². The van der Waals surface area contributed by atoms with E-state index in [1.165, 1.54) is 38.1 Å². The van der Waals surface area contributed by atoms with E-state index in [1.54, 1.807) is 55.5 Å². The van der Waals surface area contributed by atoms with Crippen molar-refractivity contribution >= 4 is 24.8 Å². The summed E-state index contributed by atoms with van der Waals surface area (Å²) < 4.78 is 37.0. The maximum atomic E-state index is 14.4. The van der Waals surface area contributed by atoms with Crippen molar-refractivity contribution in [2.45, 2.75) is 20.8 Å². The molecule has 0 N–H and O–H groups in total. The molecule has 0 aliphatic heterocycles. The second kappa shape index (κ2) is 10.9. The summed E-state index contributed by atoms with van der Waals surface area (Å²) in [4.78, 5) is 24.2. The summed E-state index contributed by atoms with van der Waals surface area (Å²) in [5, 5.41) is 0.280. The standard InChI is InChI=1S/C27H25O7P/c1-18(2)26(28)31-21-13-7-9-15-23(21)33-35(30,25-17-11-6-12-20(25)5)34-24-16-10-8-14-22(24)32-27(29)19(3)4/h6-17H,1,3H2,2,4-5H3. The number of carbonyl (C=O) groups is 2. The third-order valence-electron chi connectivity index (χ3n) is 4.65. The molecule has 0 aliphatic rings. The minimum absolute atomic E-state index is 0.0186. The largest absolute Gasteiger partial charge is 0.463 e. The lowest BCUT2D eigenvalue weighted by molar-refractivity contribution is -0.131. The molecular weight excluding hydrogens is 467 g/mol. The fourth-order valence-electron chi connectivity index (χ4n) is 2.84. The molecule has 3 rings (SSSR count). The molecule has 0 radical (unpaired) electrons. The maximum absolute atomic E-state index is 14.4. The monoisotopic (exact) mass is 492 g/mol. The highest BCUT2D eigenvalue weighted by Gasteiger charge is 2.35. The molecule has 0 spiro atoms. The van der Waals surface area contributed by atoms with Crippen LogP contribution in [0.3, 0.4) is 0 Å². The molecule has 0 bridgehead atoms. The Labute approximate surface area is 204 Å². The highest BCUT2D eigenvalue weighted by molar-refractivity contribution is 7.63. The Bertz CT molecular complexity index is 1270. The van der Waals surface area contributed by atoms with Crippen LogP contribution in [0.5, 0.6) is 23.0 Å². The Morgan fingerprint density at radius 1 is 0.657 bits per heavy atom. The molecule has 0 atom stereocenters. The summed E-state index contributed by atoms with van der Waals surface area (Å²) in [5.41, 5.74) is 1.02. The van der Waals surface area contributed by atoms with Crippen LogP contribution in [-0.2, 0) is 14.2 Å². The highest BCUT2D eigenvalue weighted by atomic mass is 31.2. The van der Waals surface area contributed by atoms with Gasteiger partial charge in [0.2, 0.25) is 0 Å². The van der Waals surface area contributed by atoms with E-state index in [1.807, 2.05) is 0 Å². The van der Waals surface area contributed by atoms with Gasteiger partial charge in [-0.3, -0.25) is 0 Å². The van der Waals surface area contributed by atoms with Crippen LogP contribution in [0.1, 0.15) is 19.4 Å². The molecule has 7 nitrogen and oxygen atoms in total. The van der Waals surface area contributed by atoms with E-state index in [-0.39, 0.29) is 39.4 Å². The Balaban J connectivity index is 2.07. The van der Waals surface area contributed by atoms with Crippen molar-refractivity contribution in [3.05, 3.63) is 103 Å². The molecule has 3 aromatic carbocycles. The van der Waals surface area contributed by atoms with E-state index >= 15 is 0 Å². The Hall–Kier alpha value is -4.09. The van der Waals surface area contributed by atoms with Crippen molar-refractivity contribution in [3.8, 4) is 23.0 Å². The van der Waals surface area contributed by atoms with Crippen molar-refractivity contribution < 1.29 is 32.7 Å². The molecule has 0 amide bonds. The number of aryl methyl sites for hydroxylation is 1. The minimum Gasteiger partial charge on any atom is -0.419 e. The van der Waals surface area contributed by atoms with Gasteiger partial charge in [0.1, 0.15) is 0 Å². The van der Waals surface area contributed by atoms with Gasteiger partial charge >= 0.3 is 19.5 Å². The van der Waals surface area contributed by atoms with Gasteiger partial charge in [-0.05, 0) is 56.7 Å². The van der Waals surface area contributed by atoms with Crippen LogP contribution >= 0.6 is 7.60 Å². The van der Waals surface area contributed by atoms with Crippen LogP contribution in [0.15, 0.2) is 97.1 Å². The highest BCUT2D eigenvalue weighted by Crippen LogP contribution is 2.52. The number of carbonyl (C=O) groups excluding carboxylic acids is 2. The number of ether oxygens (including phenoxy) is 2. The van der Waals surface area contributed by atoms with Gasteiger partial charge in [0, 0.05) is 11.1 Å². The molecule has 35 heavy (non-hydrogen) atoms. The van der Waals surface area contributed by atoms with E-state index in [4.69, 9.17) is 18.5 Å². The van der Waals surface area contributed by atoms with Crippen molar-refractivity contribution in [2.24, 2.45) is 0 Å². The van der Waals surface area contributed by atoms with E-state index in [2.05, 4.69) is 13.2 Å². The van der Waals surface area contributed by atoms with Crippen molar-refractivity contribution in [2.75, 3.05) is 0 Å².